The summed E-state index contributed by atoms with van der Waals surface area (Å²) < 4.78 is 0. The molecule has 0 aliphatic carbocycles. The molecule has 1 unspecified atom stereocenters. The zero-order valence-electron chi connectivity index (χ0n) is 14.5. The minimum atomic E-state index is 0. The number of hydrogen-bond donors (Lipinski definition) is 2. The summed E-state index contributed by atoms with van der Waals surface area (Å²) in [5.41, 5.74) is 3.05. The molecule has 1 atom stereocenters. The molecule has 0 saturated heterocycles. The van der Waals surface area contributed by atoms with Gasteiger partial charge in [0.15, 0.2) is 0 Å². The van der Waals surface area contributed by atoms with Crippen molar-refractivity contribution in [3.05, 3.63) is 51.7 Å². The number of hydrogen-bond acceptors (Lipinski definition) is 4. The predicted octanol–water partition coefficient (Wildman–Crippen LogP) is 3.98. The van der Waals surface area contributed by atoms with E-state index in [1.54, 1.807) is 11.3 Å². The van der Waals surface area contributed by atoms with E-state index in [9.17, 15) is 4.79 Å². The van der Waals surface area contributed by atoms with Crippen LogP contribution in [0.4, 0.5) is 5.69 Å². The number of nitrogens with one attached hydrogen (secondary N) is 2. The lowest BCUT2D eigenvalue weighted by Gasteiger charge is -2.24. The summed E-state index contributed by atoms with van der Waals surface area (Å²) in [6.45, 7) is 1.60. The summed E-state index contributed by atoms with van der Waals surface area (Å²) in [6, 6.07) is 10.3. The molecule has 4 nitrogen and oxygen atoms in total. The van der Waals surface area contributed by atoms with Gasteiger partial charge in [-0.15, -0.1) is 36.2 Å². The molecule has 0 saturated carbocycles. The fourth-order valence-corrected chi connectivity index (χ4v) is 3.95. The molecule has 0 bridgehead atoms. The van der Waals surface area contributed by atoms with E-state index < -0.39 is 0 Å². The molecule has 0 radical (unpaired) electrons. The van der Waals surface area contributed by atoms with Crippen molar-refractivity contribution in [2.75, 3.05) is 32.5 Å². The molecule has 1 amide bonds. The predicted molar refractivity (Wildman–Crippen MR) is 111 cm³/mol. The van der Waals surface area contributed by atoms with E-state index in [1.165, 1.54) is 4.88 Å². The number of fused-ring (bicyclic) bond motifs is 1. The maximum absolute atomic E-state index is 12.7. The Labute approximate surface area is 165 Å². The fraction of sp³-hybridized carbons (Fsp3) is 0.389. The second kappa shape index (κ2) is 10.0. The normalized spacial score (nSPS) is 13.7. The van der Waals surface area contributed by atoms with Gasteiger partial charge in [-0.2, -0.15) is 0 Å². The van der Waals surface area contributed by atoms with Gasteiger partial charge in [-0.1, -0.05) is 12.1 Å². The van der Waals surface area contributed by atoms with E-state index in [4.69, 9.17) is 0 Å². The molecular formula is C18H25Cl2N3OS. The summed E-state index contributed by atoms with van der Waals surface area (Å²) in [4.78, 5) is 16.1. The van der Waals surface area contributed by atoms with Crippen LogP contribution >= 0.6 is 36.2 Å². The maximum Gasteiger partial charge on any atom is 0.251 e. The monoisotopic (exact) mass is 401 g/mol. The Morgan fingerprint density at radius 3 is 2.76 bits per heavy atom. The second-order valence-corrected chi connectivity index (χ2v) is 7.05. The smallest absolute Gasteiger partial charge is 0.251 e. The Morgan fingerprint density at radius 1 is 1.28 bits per heavy atom. The average molecular weight is 402 g/mol. The number of carbonyl (C=O) groups is 1. The van der Waals surface area contributed by atoms with Crippen LogP contribution in [-0.4, -0.2) is 38.0 Å². The number of amides is 1. The first-order valence-corrected chi connectivity index (χ1v) is 8.88. The molecule has 3 rings (SSSR count). The van der Waals surface area contributed by atoms with Crippen LogP contribution in [0.2, 0.25) is 0 Å². The Morgan fingerprint density at radius 2 is 2.08 bits per heavy atom. The van der Waals surface area contributed by atoms with Gasteiger partial charge in [-0.3, -0.25) is 4.79 Å². The highest BCUT2D eigenvalue weighted by molar-refractivity contribution is 7.10. The molecule has 0 spiro atoms. The SMILES string of the molecule is CN(C)C(CNC(=O)c1cccc2c1CCCN2)c1cccs1.Cl.Cl. The molecule has 1 aromatic carbocycles. The van der Waals surface area contributed by atoms with Gasteiger partial charge >= 0.3 is 0 Å². The second-order valence-electron chi connectivity index (χ2n) is 6.07. The zero-order chi connectivity index (χ0) is 16.2. The van der Waals surface area contributed by atoms with Gasteiger partial charge in [0.2, 0.25) is 0 Å². The van der Waals surface area contributed by atoms with E-state index >= 15 is 0 Å². The summed E-state index contributed by atoms with van der Waals surface area (Å²) >= 11 is 1.73. The first-order chi connectivity index (χ1) is 11.2. The third kappa shape index (κ3) is 5.11. The third-order valence-electron chi connectivity index (χ3n) is 4.29. The molecule has 7 heteroatoms. The number of rotatable bonds is 5. The number of likely N-dealkylation sites (N-methyl/N-ethyl adjacent to an activating group) is 1. The van der Waals surface area contributed by atoms with Crippen molar-refractivity contribution in [1.82, 2.24) is 10.2 Å². The van der Waals surface area contributed by atoms with Gasteiger partial charge in [0.05, 0.1) is 6.04 Å². The molecule has 138 valence electrons. The minimum Gasteiger partial charge on any atom is -0.385 e. The van der Waals surface area contributed by atoms with Gasteiger partial charge in [0.25, 0.3) is 5.91 Å². The number of nitrogens with zero attached hydrogens (tertiary/aromatic N) is 1. The molecule has 2 N–H and O–H groups in total. The van der Waals surface area contributed by atoms with Crippen LogP contribution in [0, 0.1) is 0 Å². The first-order valence-electron chi connectivity index (χ1n) is 8.00. The Hall–Kier alpha value is -1.27. The molecule has 1 aromatic heterocycles. The molecule has 25 heavy (non-hydrogen) atoms. The van der Waals surface area contributed by atoms with E-state index in [0.29, 0.717) is 6.54 Å². The van der Waals surface area contributed by atoms with Gasteiger partial charge in [-0.05, 0) is 56.1 Å². The van der Waals surface area contributed by atoms with Gasteiger partial charge in [0, 0.05) is 29.2 Å². The highest BCUT2D eigenvalue weighted by Crippen LogP contribution is 2.26. The van der Waals surface area contributed by atoms with E-state index in [1.807, 2.05) is 26.2 Å². The summed E-state index contributed by atoms with van der Waals surface area (Å²) in [7, 11) is 4.09. The third-order valence-corrected chi connectivity index (χ3v) is 5.26. The maximum atomic E-state index is 12.7. The largest absolute Gasteiger partial charge is 0.385 e. The van der Waals surface area contributed by atoms with Crippen molar-refractivity contribution in [2.24, 2.45) is 0 Å². The standard InChI is InChI=1S/C18H23N3OS.2ClH/c1-21(2)16(17-9-5-11-23-17)12-20-18(22)14-6-3-8-15-13(14)7-4-10-19-15;;/h3,5-6,8-9,11,16,19H,4,7,10,12H2,1-2H3,(H,20,22);2*1H. The zero-order valence-corrected chi connectivity index (χ0v) is 16.9. The molecule has 1 aliphatic heterocycles. The van der Waals surface area contributed by atoms with Crippen molar-refractivity contribution < 1.29 is 4.79 Å². The van der Waals surface area contributed by atoms with Crippen LogP contribution in [0.3, 0.4) is 0 Å². The highest BCUT2D eigenvalue weighted by Gasteiger charge is 2.20. The summed E-state index contributed by atoms with van der Waals surface area (Å²) in [5.74, 6) is 0.0222. The highest BCUT2D eigenvalue weighted by atomic mass is 35.5. The van der Waals surface area contributed by atoms with Gasteiger partial charge < -0.3 is 15.5 Å². The quantitative estimate of drug-likeness (QED) is 0.795. The number of carbonyl (C=O) groups excluding carboxylic acids is 1. The minimum absolute atomic E-state index is 0. The van der Waals surface area contributed by atoms with Gasteiger partial charge in [-0.25, -0.2) is 0 Å². The van der Waals surface area contributed by atoms with Crippen LogP contribution in [0.15, 0.2) is 35.7 Å². The summed E-state index contributed by atoms with van der Waals surface area (Å²) in [5, 5.41) is 8.57. The molecule has 1 aliphatic rings. The van der Waals surface area contributed by atoms with E-state index in [2.05, 4.69) is 39.1 Å². The fourth-order valence-electron chi connectivity index (χ4n) is 3.03. The van der Waals surface area contributed by atoms with Crippen molar-refractivity contribution in [3.63, 3.8) is 0 Å². The van der Waals surface area contributed by atoms with Crippen molar-refractivity contribution >= 4 is 47.7 Å². The molecule has 2 heterocycles. The van der Waals surface area contributed by atoms with Crippen molar-refractivity contribution in [3.8, 4) is 0 Å². The lowest BCUT2D eigenvalue weighted by molar-refractivity contribution is 0.0941. The first kappa shape index (κ1) is 21.8. The number of thiophene rings is 1. The van der Waals surface area contributed by atoms with Crippen molar-refractivity contribution in [1.29, 1.82) is 0 Å². The van der Waals surface area contributed by atoms with E-state index in [0.717, 1.165) is 36.2 Å². The van der Waals surface area contributed by atoms with Crippen LogP contribution < -0.4 is 10.6 Å². The number of halogens is 2. The molecule has 0 fully saturated rings. The lowest BCUT2D eigenvalue weighted by Crippen LogP contribution is -2.34. The number of anilines is 1. The van der Waals surface area contributed by atoms with Crippen LogP contribution in [0.1, 0.15) is 33.3 Å². The molecule has 2 aromatic rings. The van der Waals surface area contributed by atoms with Crippen LogP contribution in [0.25, 0.3) is 0 Å². The van der Waals surface area contributed by atoms with Crippen molar-refractivity contribution in [2.45, 2.75) is 18.9 Å². The lowest BCUT2D eigenvalue weighted by atomic mass is 9.97. The van der Waals surface area contributed by atoms with E-state index in [-0.39, 0.29) is 36.8 Å². The Kier molecular flexibility index (Phi) is 8.73. The molecular weight excluding hydrogens is 377 g/mol. The van der Waals surface area contributed by atoms with Crippen LogP contribution in [-0.2, 0) is 6.42 Å². The Balaban J connectivity index is 0.00000156. The van der Waals surface area contributed by atoms with Gasteiger partial charge in [0.1, 0.15) is 0 Å². The average Bonchev–Trinajstić information content (AvgIpc) is 3.08. The topological polar surface area (TPSA) is 44.4 Å². The number of benzene rings is 1. The summed E-state index contributed by atoms with van der Waals surface area (Å²) in [6.07, 6.45) is 2.04. The van der Waals surface area contributed by atoms with Crippen LogP contribution in [0.5, 0.6) is 0 Å². The Bertz CT molecular complexity index is 677.